The Kier molecular flexibility index (Phi) is 5.29. The number of fused-ring (bicyclic) bond motifs is 1. The molecule has 4 rings (SSSR count). The van der Waals surface area contributed by atoms with Gasteiger partial charge in [-0.1, -0.05) is 12.1 Å². The van der Waals surface area contributed by atoms with Crippen LogP contribution in [-0.4, -0.2) is 52.7 Å². The number of nitrogens with zero attached hydrogens (tertiary/aromatic N) is 7. The second-order valence-electron chi connectivity index (χ2n) is 6.10. The van der Waals surface area contributed by atoms with E-state index in [0.717, 1.165) is 23.6 Å². The van der Waals surface area contributed by atoms with Crippen LogP contribution < -0.4 is 5.32 Å². The molecule has 9 nitrogen and oxygen atoms in total. The number of aromatic nitrogens is 7. The minimum absolute atomic E-state index is 0.186. The predicted molar refractivity (Wildman–Crippen MR) is 105 cm³/mol. The fraction of sp³-hybridized carbons (Fsp3) is 0.222. The number of tetrazole rings is 1. The van der Waals surface area contributed by atoms with Crippen LogP contribution in [0.3, 0.4) is 0 Å². The van der Waals surface area contributed by atoms with Gasteiger partial charge in [0.25, 0.3) is 5.91 Å². The Bertz CT molecular complexity index is 1080. The van der Waals surface area contributed by atoms with E-state index < -0.39 is 0 Å². The van der Waals surface area contributed by atoms with E-state index >= 15 is 0 Å². The molecule has 142 valence electrons. The lowest BCUT2D eigenvalue weighted by atomic mass is 10.1. The molecule has 1 aromatic carbocycles. The van der Waals surface area contributed by atoms with Crippen LogP contribution in [0.4, 0.5) is 0 Å². The van der Waals surface area contributed by atoms with Crippen molar-refractivity contribution in [2.75, 3.05) is 12.0 Å². The standard InChI is InChI=1S/C18H18N8OS/c1-28-10-8-15(17-22-21-16-7-2-3-9-25(16)17)20-18(27)13-5-4-6-14(11-13)26-12-19-23-24-26/h2-7,9,11-12,15H,8,10H2,1H3,(H,20,27). The Morgan fingerprint density at radius 1 is 1.21 bits per heavy atom. The number of hydrogen-bond acceptors (Lipinski definition) is 7. The van der Waals surface area contributed by atoms with Gasteiger partial charge in [-0.05, 0) is 59.2 Å². The largest absolute Gasteiger partial charge is 0.342 e. The summed E-state index contributed by atoms with van der Waals surface area (Å²) in [6.45, 7) is 0. The highest BCUT2D eigenvalue weighted by atomic mass is 32.2. The molecule has 3 aromatic heterocycles. The Labute approximate surface area is 165 Å². The first-order chi connectivity index (χ1) is 13.8. The van der Waals surface area contributed by atoms with Gasteiger partial charge in [0, 0.05) is 11.8 Å². The summed E-state index contributed by atoms with van der Waals surface area (Å²) in [5.74, 6) is 1.42. The van der Waals surface area contributed by atoms with Gasteiger partial charge in [0.05, 0.1) is 11.7 Å². The van der Waals surface area contributed by atoms with Crippen molar-refractivity contribution < 1.29 is 4.79 Å². The van der Waals surface area contributed by atoms with Crippen LogP contribution in [0, 0.1) is 0 Å². The van der Waals surface area contributed by atoms with Gasteiger partial charge in [-0.25, -0.2) is 4.68 Å². The zero-order valence-corrected chi connectivity index (χ0v) is 16.0. The Morgan fingerprint density at radius 3 is 2.96 bits per heavy atom. The minimum atomic E-state index is -0.256. The molecule has 0 radical (unpaired) electrons. The van der Waals surface area contributed by atoms with E-state index in [9.17, 15) is 4.79 Å². The summed E-state index contributed by atoms with van der Waals surface area (Å²) < 4.78 is 3.41. The highest BCUT2D eigenvalue weighted by Crippen LogP contribution is 2.19. The average Bonchev–Trinajstić information content (AvgIpc) is 3.41. The predicted octanol–water partition coefficient (Wildman–Crippen LogP) is 1.93. The summed E-state index contributed by atoms with van der Waals surface area (Å²) in [5, 5.41) is 22.7. The van der Waals surface area contributed by atoms with Gasteiger partial charge in [0.15, 0.2) is 11.5 Å². The van der Waals surface area contributed by atoms with Gasteiger partial charge < -0.3 is 5.32 Å². The van der Waals surface area contributed by atoms with E-state index in [1.165, 1.54) is 11.0 Å². The number of thioether (sulfide) groups is 1. The van der Waals surface area contributed by atoms with Gasteiger partial charge in [-0.2, -0.15) is 11.8 Å². The molecule has 1 unspecified atom stereocenters. The fourth-order valence-corrected chi connectivity index (χ4v) is 3.38. The van der Waals surface area contributed by atoms with Gasteiger partial charge in [-0.3, -0.25) is 9.20 Å². The number of hydrogen-bond donors (Lipinski definition) is 1. The monoisotopic (exact) mass is 394 g/mol. The topological polar surface area (TPSA) is 103 Å². The molecule has 0 aliphatic rings. The smallest absolute Gasteiger partial charge is 0.251 e. The number of carbonyl (C=O) groups is 1. The van der Waals surface area contributed by atoms with Crippen LogP contribution in [0.25, 0.3) is 11.3 Å². The van der Waals surface area contributed by atoms with E-state index in [2.05, 4.69) is 31.0 Å². The Morgan fingerprint density at radius 2 is 2.14 bits per heavy atom. The zero-order valence-electron chi connectivity index (χ0n) is 15.1. The van der Waals surface area contributed by atoms with Crippen molar-refractivity contribution in [3.8, 4) is 5.69 Å². The van der Waals surface area contributed by atoms with E-state index in [0.29, 0.717) is 11.3 Å². The number of benzene rings is 1. The molecule has 1 amide bonds. The maximum atomic E-state index is 12.9. The molecule has 0 bridgehead atoms. The summed E-state index contributed by atoms with van der Waals surface area (Å²) in [6, 6.07) is 12.6. The molecule has 1 N–H and O–H groups in total. The maximum absolute atomic E-state index is 12.9. The molecule has 10 heteroatoms. The summed E-state index contributed by atoms with van der Waals surface area (Å²) in [5.41, 5.74) is 1.99. The third-order valence-electron chi connectivity index (χ3n) is 4.29. The molecule has 0 spiro atoms. The highest BCUT2D eigenvalue weighted by molar-refractivity contribution is 7.98. The molecular weight excluding hydrogens is 376 g/mol. The molecule has 4 aromatic rings. The lowest BCUT2D eigenvalue weighted by Gasteiger charge is -2.17. The van der Waals surface area contributed by atoms with Crippen molar-refractivity contribution >= 4 is 23.3 Å². The van der Waals surface area contributed by atoms with Gasteiger partial charge in [0.1, 0.15) is 6.33 Å². The van der Waals surface area contributed by atoms with E-state index in [1.807, 2.05) is 41.1 Å². The maximum Gasteiger partial charge on any atom is 0.251 e. The number of carbonyl (C=O) groups excluding carboxylic acids is 1. The van der Waals surface area contributed by atoms with Crippen LogP contribution >= 0.6 is 11.8 Å². The molecule has 0 saturated heterocycles. The highest BCUT2D eigenvalue weighted by Gasteiger charge is 2.21. The third kappa shape index (κ3) is 3.72. The third-order valence-corrected chi connectivity index (χ3v) is 4.93. The van der Waals surface area contributed by atoms with Crippen molar-refractivity contribution in [2.45, 2.75) is 12.5 Å². The normalized spacial score (nSPS) is 12.2. The summed E-state index contributed by atoms with van der Waals surface area (Å²) in [6.07, 6.45) is 6.17. The minimum Gasteiger partial charge on any atom is -0.342 e. The Hall–Kier alpha value is -3.27. The van der Waals surface area contributed by atoms with Gasteiger partial charge >= 0.3 is 0 Å². The number of amides is 1. The van der Waals surface area contributed by atoms with Crippen LogP contribution in [0.2, 0.25) is 0 Å². The second-order valence-corrected chi connectivity index (χ2v) is 7.08. The summed E-state index contributed by atoms with van der Waals surface area (Å²) >= 11 is 1.72. The van der Waals surface area contributed by atoms with Crippen LogP contribution in [0.15, 0.2) is 55.0 Å². The molecule has 0 aliphatic carbocycles. The van der Waals surface area contributed by atoms with E-state index in [1.54, 1.807) is 30.0 Å². The molecular formula is C18H18N8OS. The van der Waals surface area contributed by atoms with Crippen LogP contribution in [-0.2, 0) is 0 Å². The first-order valence-electron chi connectivity index (χ1n) is 8.69. The van der Waals surface area contributed by atoms with Crippen molar-refractivity contribution in [1.29, 1.82) is 0 Å². The lowest BCUT2D eigenvalue weighted by molar-refractivity contribution is 0.0933. The van der Waals surface area contributed by atoms with Crippen molar-refractivity contribution in [3.63, 3.8) is 0 Å². The molecule has 0 aliphatic heterocycles. The second kappa shape index (κ2) is 8.17. The quantitative estimate of drug-likeness (QED) is 0.511. The van der Waals surface area contributed by atoms with E-state index in [-0.39, 0.29) is 11.9 Å². The Balaban J connectivity index is 1.60. The van der Waals surface area contributed by atoms with Gasteiger partial charge in [-0.15, -0.1) is 15.3 Å². The van der Waals surface area contributed by atoms with Crippen molar-refractivity contribution in [2.24, 2.45) is 0 Å². The molecule has 28 heavy (non-hydrogen) atoms. The fourth-order valence-electron chi connectivity index (χ4n) is 2.91. The number of nitrogens with one attached hydrogen (secondary N) is 1. The lowest BCUT2D eigenvalue weighted by Crippen LogP contribution is -2.30. The SMILES string of the molecule is CSCCC(NC(=O)c1cccc(-n2cnnn2)c1)c1nnc2ccccn12. The molecule has 3 heterocycles. The van der Waals surface area contributed by atoms with E-state index in [4.69, 9.17) is 0 Å². The van der Waals surface area contributed by atoms with Crippen molar-refractivity contribution in [3.05, 3.63) is 66.4 Å². The zero-order chi connectivity index (χ0) is 19.3. The van der Waals surface area contributed by atoms with Crippen LogP contribution in [0.5, 0.6) is 0 Å². The van der Waals surface area contributed by atoms with Gasteiger partial charge in [0.2, 0.25) is 0 Å². The molecule has 0 saturated carbocycles. The number of rotatable bonds is 7. The molecule has 1 atom stereocenters. The first-order valence-corrected chi connectivity index (χ1v) is 10.1. The summed E-state index contributed by atoms with van der Waals surface area (Å²) in [4.78, 5) is 12.9. The number of pyridine rings is 1. The van der Waals surface area contributed by atoms with Crippen LogP contribution in [0.1, 0.15) is 28.6 Å². The first kappa shape index (κ1) is 18.1. The molecule has 0 fully saturated rings. The summed E-state index contributed by atoms with van der Waals surface area (Å²) in [7, 11) is 0. The average molecular weight is 394 g/mol. The van der Waals surface area contributed by atoms with Crippen molar-refractivity contribution in [1.82, 2.24) is 40.1 Å².